The molecule has 0 spiro atoms. The summed E-state index contributed by atoms with van der Waals surface area (Å²) in [6.45, 7) is 2.15. The lowest BCUT2D eigenvalue weighted by molar-refractivity contribution is -0.116. The molecular formula is C21H33ClN2O2S. The molecule has 1 aromatic rings. The summed E-state index contributed by atoms with van der Waals surface area (Å²) in [5, 5.41) is 6.74. The number of benzene rings is 1. The van der Waals surface area contributed by atoms with Gasteiger partial charge in [-0.15, -0.1) is 12.4 Å². The maximum atomic E-state index is 12.6. The third-order valence-electron chi connectivity index (χ3n) is 5.68. The third kappa shape index (κ3) is 7.55. The quantitative estimate of drug-likeness (QED) is 0.697. The number of piperidine rings is 1. The second-order valence-corrected chi connectivity index (χ2v) is 9.48. The number of rotatable bonds is 7. The van der Waals surface area contributed by atoms with Crippen LogP contribution in [-0.4, -0.2) is 28.5 Å². The summed E-state index contributed by atoms with van der Waals surface area (Å²) in [5.41, 5.74) is 1.89. The van der Waals surface area contributed by atoms with Gasteiger partial charge in [-0.25, -0.2) is 0 Å². The molecule has 1 aromatic carbocycles. The Morgan fingerprint density at radius 3 is 2.59 bits per heavy atom. The van der Waals surface area contributed by atoms with Crippen LogP contribution in [0.4, 0.5) is 5.69 Å². The number of halogens is 1. The molecule has 1 unspecified atom stereocenters. The van der Waals surface area contributed by atoms with Gasteiger partial charge in [0.25, 0.3) is 0 Å². The van der Waals surface area contributed by atoms with E-state index in [4.69, 9.17) is 0 Å². The SMILES string of the molecule is Cl.O=C(CCC1CCNCC1)Nc1cccc(CS(=O)C2CCCCC2)c1. The van der Waals surface area contributed by atoms with Gasteiger partial charge in [0.2, 0.25) is 5.91 Å². The number of anilines is 1. The molecule has 1 heterocycles. The van der Waals surface area contributed by atoms with Gasteiger partial charge in [0.1, 0.15) is 0 Å². The van der Waals surface area contributed by atoms with E-state index in [1.165, 1.54) is 32.1 Å². The van der Waals surface area contributed by atoms with Crippen molar-refractivity contribution < 1.29 is 9.00 Å². The zero-order chi connectivity index (χ0) is 18.2. The Morgan fingerprint density at radius 2 is 1.85 bits per heavy atom. The molecule has 0 aromatic heterocycles. The van der Waals surface area contributed by atoms with Crippen molar-refractivity contribution >= 4 is 34.8 Å². The standard InChI is InChI=1S/C21H32N2O2S.ClH/c24-21(10-9-17-11-13-22-14-12-17)23-19-6-4-5-18(15-19)16-26(25)20-7-2-1-3-8-20;/h4-6,15,17,20,22H,1-3,7-14,16H2,(H,23,24);1H. The van der Waals surface area contributed by atoms with Crippen LogP contribution in [0, 0.1) is 5.92 Å². The van der Waals surface area contributed by atoms with Crippen LogP contribution >= 0.6 is 12.4 Å². The smallest absolute Gasteiger partial charge is 0.224 e. The lowest BCUT2D eigenvalue weighted by Crippen LogP contribution is -2.28. The summed E-state index contributed by atoms with van der Waals surface area (Å²) in [7, 11) is -0.804. The number of carbonyl (C=O) groups is 1. The van der Waals surface area contributed by atoms with Crippen molar-refractivity contribution in [2.45, 2.75) is 68.8 Å². The van der Waals surface area contributed by atoms with Crippen LogP contribution in [0.15, 0.2) is 24.3 Å². The van der Waals surface area contributed by atoms with Crippen LogP contribution in [0.2, 0.25) is 0 Å². The molecule has 1 saturated carbocycles. The summed E-state index contributed by atoms with van der Waals surface area (Å²) in [6, 6.07) is 7.89. The Kier molecular flexibility index (Phi) is 9.80. The molecule has 2 aliphatic rings. The number of nitrogens with one attached hydrogen (secondary N) is 2. The van der Waals surface area contributed by atoms with Crippen molar-refractivity contribution in [2.24, 2.45) is 5.92 Å². The molecule has 0 radical (unpaired) electrons. The lowest BCUT2D eigenvalue weighted by Gasteiger charge is -2.22. The van der Waals surface area contributed by atoms with Crippen LogP contribution in [0.1, 0.15) is 63.4 Å². The fourth-order valence-electron chi connectivity index (χ4n) is 4.08. The van der Waals surface area contributed by atoms with Crippen LogP contribution in [0.25, 0.3) is 0 Å². The molecule has 152 valence electrons. The maximum absolute atomic E-state index is 12.6. The second-order valence-electron chi connectivity index (χ2n) is 7.77. The Labute approximate surface area is 172 Å². The number of hydrogen-bond donors (Lipinski definition) is 2. The fraction of sp³-hybridized carbons (Fsp3) is 0.667. The highest BCUT2D eigenvalue weighted by Gasteiger charge is 2.20. The summed E-state index contributed by atoms with van der Waals surface area (Å²) >= 11 is 0. The average molecular weight is 413 g/mol. The molecule has 2 fully saturated rings. The highest BCUT2D eigenvalue weighted by Crippen LogP contribution is 2.24. The van der Waals surface area contributed by atoms with Crippen LogP contribution in [0.3, 0.4) is 0 Å². The van der Waals surface area contributed by atoms with Gasteiger partial charge >= 0.3 is 0 Å². The van der Waals surface area contributed by atoms with Crippen LogP contribution < -0.4 is 10.6 Å². The van der Waals surface area contributed by atoms with Gasteiger partial charge in [0.05, 0.1) is 0 Å². The van der Waals surface area contributed by atoms with Gasteiger partial charge in [0.15, 0.2) is 0 Å². The Hall–Kier alpha value is -0.910. The molecular weight excluding hydrogens is 380 g/mol. The molecule has 1 aliphatic heterocycles. The second kappa shape index (κ2) is 11.8. The van der Waals surface area contributed by atoms with Gasteiger partial charge in [-0.05, 0) is 68.8 Å². The Morgan fingerprint density at radius 1 is 1.11 bits per heavy atom. The molecule has 1 amide bonds. The first-order chi connectivity index (χ1) is 12.7. The number of amides is 1. The summed E-state index contributed by atoms with van der Waals surface area (Å²) in [4.78, 5) is 12.2. The minimum Gasteiger partial charge on any atom is -0.326 e. The topological polar surface area (TPSA) is 58.2 Å². The molecule has 0 bridgehead atoms. The van der Waals surface area contributed by atoms with Crippen molar-refractivity contribution in [3.63, 3.8) is 0 Å². The Bertz CT molecular complexity index is 614. The van der Waals surface area contributed by atoms with Gasteiger partial charge in [0, 0.05) is 33.9 Å². The molecule has 27 heavy (non-hydrogen) atoms. The third-order valence-corrected chi connectivity index (χ3v) is 7.51. The van der Waals surface area contributed by atoms with Gasteiger partial charge in [-0.2, -0.15) is 0 Å². The zero-order valence-corrected chi connectivity index (χ0v) is 17.7. The number of hydrogen-bond acceptors (Lipinski definition) is 3. The van der Waals surface area contributed by atoms with E-state index in [2.05, 4.69) is 10.6 Å². The first kappa shape index (κ1) is 22.4. The lowest BCUT2D eigenvalue weighted by atomic mass is 9.93. The van der Waals surface area contributed by atoms with Crippen molar-refractivity contribution in [2.75, 3.05) is 18.4 Å². The normalized spacial score (nSPS) is 19.9. The summed E-state index contributed by atoms with van der Waals surface area (Å²) in [6.07, 6.45) is 9.81. The zero-order valence-electron chi connectivity index (χ0n) is 16.1. The van der Waals surface area contributed by atoms with Crippen molar-refractivity contribution in [3.05, 3.63) is 29.8 Å². The fourth-order valence-corrected chi connectivity index (χ4v) is 5.68. The van der Waals surface area contributed by atoms with E-state index in [0.29, 0.717) is 23.3 Å². The van der Waals surface area contributed by atoms with Gasteiger partial charge in [-0.3, -0.25) is 9.00 Å². The van der Waals surface area contributed by atoms with E-state index < -0.39 is 10.8 Å². The van der Waals surface area contributed by atoms with Gasteiger partial charge in [-0.1, -0.05) is 31.4 Å². The van der Waals surface area contributed by atoms with Crippen molar-refractivity contribution in [3.8, 4) is 0 Å². The number of carbonyl (C=O) groups excluding carboxylic acids is 1. The van der Waals surface area contributed by atoms with Crippen molar-refractivity contribution in [1.29, 1.82) is 0 Å². The van der Waals surface area contributed by atoms with E-state index in [1.807, 2.05) is 24.3 Å². The molecule has 1 atom stereocenters. The molecule has 2 N–H and O–H groups in total. The molecule has 6 heteroatoms. The maximum Gasteiger partial charge on any atom is 0.224 e. The Balaban J connectivity index is 0.00000261. The summed E-state index contributed by atoms with van der Waals surface area (Å²) in [5.74, 6) is 1.36. The van der Waals surface area contributed by atoms with Gasteiger partial charge < -0.3 is 10.6 Å². The minimum atomic E-state index is -0.804. The van der Waals surface area contributed by atoms with E-state index in [1.54, 1.807) is 0 Å². The van der Waals surface area contributed by atoms with E-state index >= 15 is 0 Å². The highest BCUT2D eigenvalue weighted by molar-refractivity contribution is 7.84. The van der Waals surface area contributed by atoms with Crippen LogP contribution in [-0.2, 0) is 21.3 Å². The van der Waals surface area contributed by atoms with E-state index in [-0.39, 0.29) is 18.3 Å². The van der Waals surface area contributed by atoms with E-state index in [9.17, 15) is 9.00 Å². The minimum absolute atomic E-state index is 0. The monoisotopic (exact) mass is 412 g/mol. The van der Waals surface area contributed by atoms with Crippen LogP contribution in [0.5, 0.6) is 0 Å². The average Bonchev–Trinajstić information content (AvgIpc) is 2.68. The molecule has 4 nitrogen and oxygen atoms in total. The first-order valence-electron chi connectivity index (χ1n) is 10.2. The predicted octanol–water partition coefficient (Wildman–Crippen LogP) is 4.41. The highest BCUT2D eigenvalue weighted by atomic mass is 35.5. The van der Waals surface area contributed by atoms with E-state index in [0.717, 1.165) is 43.6 Å². The molecule has 3 rings (SSSR count). The molecule has 1 aliphatic carbocycles. The largest absolute Gasteiger partial charge is 0.326 e. The predicted molar refractivity (Wildman–Crippen MR) is 116 cm³/mol. The summed E-state index contributed by atoms with van der Waals surface area (Å²) < 4.78 is 12.6. The first-order valence-corrected chi connectivity index (χ1v) is 11.6. The molecule has 1 saturated heterocycles. The van der Waals surface area contributed by atoms with Crippen molar-refractivity contribution in [1.82, 2.24) is 5.32 Å².